The van der Waals surface area contributed by atoms with Crippen molar-refractivity contribution in [2.24, 2.45) is 0 Å². The van der Waals surface area contributed by atoms with Gasteiger partial charge in [0.15, 0.2) is 0 Å². The van der Waals surface area contributed by atoms with E-state index in [1.165, 1.54) is 42.4 Å². The number of nitrogens with one attached hydrogen (secondary N) is 1. The fourth-order valence-corrected chi connectivity index (χ4v) is 3.15. The van der Waals surface area contributed by atoms with Crippen molar-refractivity contribution in [2.45, 2.75) is 38.6 Å². The molecule has 1 unspecified atom stereocenters. The van der Waals surface area contributed by atoms with Gasteiger partial charge in [-0.2, -0.15) is 0 Å². The number of fused-ring (bicyclic) bond motifs is 1. The van der Waals surface area contributed by atoms with Crippen LogP contribution in [0.25, 0.3) is 10.9 Å². The Hall–Kier alpha value is -1.28. The predicted octanol–water partition coefficient (Wildman–Crippen LogP) is 3.52. The molecule has 2 nitrogen and oxygen atoms in total. The molecule has 0 bridgehead atoms. The SMILES string of the molecule is CCCn1c(C2CCCNC2)cc2ccccc21. The van der Waals surface area contributed by atoms with Crippen LogP contribution >= 0.6 is 0 Å². The van der Waals surface area contributed by atoms with Crippen LogP contribution < -0.4 is 5.32 Å². The number of benzene rings is 1. The molecule has 1 fully saturated rings. The Labute approximate surface area is 109 Å². The van der Waals surface area contributed by atoms with E-state index in [0.29, 0.717) is 5.92 Å². The third kappa shape index (κ3) is 2.05. The highest BCUT2D eigenvalue weighted by atomic mass is 15.0. The lowest BCUT2D eigenvalue weighted by Gasteiger charge is -2.24. The smallest absolute Gasteiger partial charge is 0.0482 e. The molecule has 0 radical (unpaired) electrons. The zero-order chi connectivity index (χ0) is 12.4. The standard InChI is InChI=1S/C16H22N2/c1-2-10-18-15-8-4-3-6-13(15)11-16(18)14-7-5-9-17-12-14/h3-4,6,8,11,14,17H,2,5,7,9-10,12H2,1H3. The molecule has 18 heavy (non-hydrogen) atoms. The van der Waals surface area contributed by atoms with Crippen molar-refractivity contribution >= 4 is 10.9 Å². The van der Waals surface area contributed by atoms with E-state index < -0.39 is 0 Å². The molecule has 1 atom stereocenters. The number of para-hydroxylation sites is 1. The van der Waals surface area contributed by atoms with Gasteiger partial charge in [0.1, 0.15) is 0 Å². The van der Waals surface area contributed by atoms with Crippen molar-refractivity contribution in [3.05, 3.63) is 36.0 Å². The fraction of sp³-hybridized carbons (Fsp3) is 0.500. The van der Waals surface area contributed by atoms with Crippen LogP contribution in [0.1, 0.15) is 37.8 Å². The van der Waals surface area contributed by atoms with Gasteiger partial charge in [0.25, 0.3) is 0 Å². The second-order valence-electron chi connectivity index (χ2n) is 5.32. The molecular weight excluding hydrogens is 220 g/mol. The summed E-state index contributed by atoms with van der Waals surface area (Å²) in [5.74, 6) is 0.692. The minimum atomic E-state index is 0.692. The Morgan fingerprint density at radius 2 is 2.22 bits per heavy atom. The van der Waals surface area contributed by atoms with Gasteiger partial charge < -0.3 is 9.88 Å². The van der Waals surface area contributed by atoms with E-state index >= 15 is 0 Å². The first kappa shape index (κ1) is 11.8. The maximum absolute atomic E-state index is 3.53. The molecule has 1 saturated heterocycles. The van der Waals surface area contributed by atoms with Crippen molar-refractivity contribution in [1.29, 1.82) is 0 Å². The van der Waals surface area contributed by atoms with Gasteiger partial charge >= 0.3 is 0 Å². The summed E-state index contributed by atoms with van der Waals surface area (Å²) in [4.78, 5) is 0. The molecule has 0 spiro atoms. The Kier molecular flexibility index (Phi) is 3.37. The van der Waals surface area contributed by atoms with Gasteiger partial charge in [-0.1, -0.05) is 25.1 Å². The molecule has 0 amide bonds. The number of aromatic nitrogens is 1. The molecule has 2 heteroatoms. The van der Waals surface area contributed by atoms with Crippen LogP contribution in [0.2, 0.25) is 0 Å². The Bertz CT molecular complexity index is 521. The summed E-state index contributed by atoms with van der Waals surface area (Å²) >= 11 is 0. The van der Waals surface area contributed by atoms with Crippen LogP contribution in [0.4, 0.5) is 0 Å². The van der Waals surface area contributed by atoms with E-state index in [1.807, 2.05) is 0 Å². The molecule has 1 N–H and O–H groups in total. The van der Waals surface area contributed by atoms with Gasteiger partial charge in [0.2, 0.25) is 0 Å². The summed E-state index contributed by atoms with van der Waals surface area (Å²) in [6.07, 6.45) is 3.83. The van der Waals surface area contributed by atoms with Crippen molar-refractivity contribution in [2.75, 3.05) is 13.1 Å². The van der Waals surface area contributed by atoms with E-state index in [-0.39, 0.29) is 0 Å². The minimum Gasteiger partial charge on any atom is -0.344 e. The molecule has 96 valence electrons. The number of rotatable bonds is 3. The van der Waals surface area contributed by atoms with Crippen molar-refractivity contribution in [3.63, 3.8) is 0 Å². The lowest BCUT2D eigenvalue weighted by Crippen LogP contribution is -2.29. The van der Waals surface area contributed by atoms with Crippen LogP contribution in [0.3, 0.4) is 0 Å². The lowest BCUT2D eigenvalue weighted by molar-refractivity contribution is 0.441. The first-order valence-corrected chi connectivity index (χ1v) is 7.19. The molecule has 1 aromatic carbocycles. The average molecular weight is 242 g/mol. The highest BCUT2D eigenvalue weighted by Crippen LogP contribution is 2.29. The van der Waals surface area contributed by atoms with Gasteiger partial charge in [-0.15, -0.1) is 0 Å². The summed E-state index contributed by atoms with van der Waals surface area (Å²) in [6, 6.07) is 11.2. The maximum Gasteiger partial charge on any atom is 0.0482 e. The van der Waals surface area contributed by atoms with E-state index in [4.69, 9.17) is 0 Å². The highest BCUT2D eigenvalue weighted by Gasteiger charge is 2.19. The topological polar surface area (TPSA) is 17.0 Å². The largest absolute Gasteiger partial charge is 0.344 e. The number of hydrogen-bond donors (Lipinski definition) is 1. The molecule has 0 saturated carbocycles. The number of piperidine rings is 1. The van der Waals surface area contributed by atoms with Crippen LogP contribution in [-0.2, 0) is 6.54 Å². The number of nitrogens with zero attached hydrogens (tertiary/aromatic N) is 1. The van der Waals surface area contributed by atoms with E-state index in [0.717, 1.165) is 13.1 Å². The molecular formula is C16H22N2. The monoisotopic (exact) mass is 242 g/mol. The summed E-state index contributed by atoms with van der Waals surface area (Å²) in [6.45, 7) is 5.72. The third-order valence-corrected chi connectivity index (χ3v) is 4.00. The second-order valence-corrected chi connectivity index (χ2v) is 5.32. The zero-order valence-electron chi connectivity index (χ0n) is 11.2. The van der Waals surface area contributed by atoms with Gasteiger partial charge in [0.05, 0.1) is 0 Å². The van der Waals surface area contributed by atoms with E-state index in [1.54, 1.807) is 0 Å². The lowest BCUT2D eigenvalue weighted by atomic mass is 9.96. The normalized spacial score (nSPS) is 20.4. The first-order chi connectivity index (χ1) is 8.90. The summed E-state index contributed by atoms with van der Waals surface area (Å²) in [7, 11) is 0. The minimum absolute atomic E-state index is 0.692. The van der Waals surface area contributed by atoms with Gasteiger partial charge in [0, 0.05) is 30.2 Å². The molecule has 3 rings (SSSR count). The highest BCUT2D eigenvalue weighted by molar-refractivity contribution is 5.81. The number of aryl methyl sites for hydroxylation is 1. The van der Waals surface area contributed by atoms with Crippen molar-refractivity contribution in [1.82, 2.24) is 9.88 Å². The fourth-order valence-electron chi connectivity index (χ4n) is 3.15. The van der Waals surface area contributed by atoms with Gasteiger partial charge in [-0.3, -0.25) is 0 Å². The molecule has 0 aliphatic carbocycles. The Morgan fingerprint density at radius 1 is 1.33 bits per heavy atom. The molecule has 1 aliphatic rings. The van der Waals surface area contributed by atoms with Gasteiger partial charge in [-0.25, -0.2) is 0 Å². The van der Waals surface area contributed by atoms with Crippen LogP contribution in [-0.4, -0.2) is 17.7 Å². The summed E-state index contributed by atoms with van der Waals surface area (Å²) < 4.78 is 2.53. The summed E-state index contributed by atoms with van der Waals surface area (Å²) in [5, 5.41) is 4.93. The molecule has 2 heterocycles. The van der Waals surface area contributed by atoms with E-state index in [2.05, 4.69) is 47.1 Å². The first-order valence-electron chi connectivity index (χ1n) is 7.19. The van der Waals surface area contributed by atoms with Crippen LogP contribution in [0, 0.1) is 0 Å². The Morgan fingerprint density at radius 3 is 3.00 bits per heavy atom. The summed E-state index contributed by atoms with van der Waals surface area (Å²) in [5.41, 5.74) is 2.94. The second kappa shape index (κ2) is 5.15. The van der Waals surface area contributed by atoms with Gasteiger partial charge in [-0.05, 0) is 43.3 Å². The van der Waals surface area contributed by atoms with Crippen LogP contribution in [0.5, 0.6) is 0 Å². The Balaban J connectivity index is 2.05. The average Bonchev–Trinajstić information content (AvgIpc) is 2.80. The van der Waals surface area contributed by atoms with Crippen molar-refractivity contribution < 1.29 is 0 Å². The molecule has 1 aromatic heterocycles. The molecule has 2 aromatic rings. The third-order valence-electron chi connectivity index (χ3n) is 4.00. The molecule has 1 aliphatic heterocycles. The predicted molar refractivity (Wildman–Crippen MR) is 77.1 cm³/mol. The quantitative estimate of drug-likeness (QED) is 0.871. The number of hydrogen-bond acceptors (Lipinski definition) is 1. The maximum atomic E-state index is 3.53. The zero-order valence-corrected chi connectivity index (χ0v) is 11.2. The van der Waals surface area contributed by atoms with Crippen molar-refractivity contribution in [3.8, 4) is 0 Å². The van der Waals surface area contributed by atoms with E-state index in [9.17, 15) is 0 Å². The van der Waals surface area contributed by atoms with Crippen LogP contribution in [0.15, 0.2) is 30.3 Å².